The van der Waals surface area contributed by atoms with Crippen LogP contribution < -0.4 is 10.6 Å². The average molecular weight is 303 g/mol. The molecule has 1 aromatic carbocycles. The average Bonchev–Trinajstić information content (AvgIpc) is 2.48. The number of carbonyl (C=O) groups excluding carboxylic acids is 1. The number of urea groups is 1. The van der Waals surface area contributed by atoms with Crippen molar-refractivity contribution in [3.8, 4) is 0 Å². The molecule has 2 amide bonds. The molecule has 2 N–H and O–H groups in total. The monoisotopic (exact) mass is 303 g/mol. The Bertz CT molecular complexity index is 479. The first-order valence-electron chi connectivity index (χ1n) is 6.90. The van der Waals surface area contributed by atoms with Gasteiger partial charge in [-0.3, -0.25) is 0 Å². The molecule has 0 bridgehead atoms. The molecule has 118 valence electrons. The van der Waals surface area contributed by atoms with E-state index in [-0.39, 0.29) is 0 Å². The van der Waals surface area contributed by atoms with Crippen molar-refractivity contribution in [2.45, 2.75) is 20.3 Å². The highest BCUT2D eigenvalue weighted by Crippen LogP contribution is 2.19. The Morgan fingerprint density at radius 3 is 2.43 bits per heavy atom. The Morgan fingerprint density at radius 2 is 1.81 bits per heavy atom. The molecule has 0 aliphatic rings. The zero-order valence-electron chi connectivity index (χ0n) is 12.2. The van der Waals surface area contributed by atoms with Crippen LogP contribution in [0.25, 0.3) is 0 Å². The highest BCUT2D eigenvalue weighted by atomic mass is 19.2. The lowest BCUT2D eigenvalue weighted by atomic mass is 10.3. The molecule has 0 heterocycles. The first kappa shape index (κ1) is 17.3. The molecular formula is C14H20F3N3O. The van der Waals surface area contributed by atoms with Crippen LogP contribution >= 0.6 is 0 Å². The van der Waals surface area contributed by atoms with Gasteiger partial charge in [0.15, 0.2) is 17.5 Å². The Morgan fingerprint density at radius 1 is 1.14 bits per heavy atom. The van der Waals surface area contributed by atoms with Crippen molar-refractivity contribution in [3.05, 3.63) is 29.6 Å². The Labute approximate surface area is 122 Å². The zero-order chi connectivity index (χ0) is 15.8. The first-order valence-corrected chi connectivity index (χ1v) is 6.90. The molecule has 1 aromatic rings. The molecule has 0 saturated carbocycles. The zero-order valence-corrected chi connectivity index (χ0v) is 12.2. The fourth-order valence-corrected chi connectivity index (χ4v) is 1.83. The van der Waals surface area contributed by atoms with E-state index in [4.69, 9.17) is 0 Å². The van der Waals surface area contributed by atoms with Crippen LogP contribution in [0.2, 0.25) is 0 Å². The first-order chi connectivity index (χ1) is 9.99. The minimum absolute atomic E-state index is 0.393. The Hall–Kier alpha value is -1.76. The van der Waals surface area contributed by atoms with Gasteiger partial charge >= 0.3 is 6.03 Å². The standard InChI is InChI=1S/C14H20F3N3O/c1-3-20(4-2)9-5-8-18-14(21)19-11-7-6-10(15)12(16)13(11)17/h6-7H,3-5,8-9H2,1-2H3,(H2,18,19,21). The topological polar surface area (TPSA) is 44.4 Å². The molecular weight excluding hydrogens is 283 g/mol. The largest absolute Gasteiger partial charge is 0.338 e. The number of amides is 2. The van der Waals surface area contributed by atoms with Gasteiger partial charge in [0, 0.05) is 6.54 Å². The molecule has 0 unspecified atom stereocenters. The summed E-state index contributed by atoms with van der Waals surface area (Å²) in [5, 5.41) is 4.69. The third kappa shape index (κ3) is 5.26. The Kier molecular flexibility index (Phi) is 7.01. The summed E-state index contributed by atoms with van der Waals surface area (Å²) >= 11 is 0. The summed E-state index contributed by atoms with van der Waals surface area (Å²) in [5.74, 6) is -4.31. The van der Waals surface area contributed by atoms with Crippen molar-refractivity contribution in [3.63, 3.8) is 0 Å². The summed E-state index contributed by atoms with van der Waals surface area (Å²) in [6, 6.07) is 1.08. The Balaban J connectivity index is 2.39. The highest BCUT2D eigenvalue weighted by molar-refractivity contribution is 5.89. The van der Waals surface area contributed by atoms with Crippen LogP contribution in [0.3, 0.4) is 0 Å². The fourth-order valence-electron chi connectivity index (χ4n) is 1.83. The molecule has 7 heteroatoms. The number of anilines is 1. The number of benzene rings is 1. The summed E-state index contributed by atoms with van der Waals surface area (Å²) in [6.45, 7) is 7.22. The van der Waals surface area contributed by atoms with E-state index < -0.39 is 29.2 Å². The molecule has 0 aliphatic heterocycles. The van der Waals surface area contributed by atoms with Gasteiger partial charge in [-0.2, -0.15) is 0 Å². The molecule has 4 nitrogen and oxygen atoms in total. The van der Waals surface area contributed by atoms with Gasteiger partial charge in [0.05, 0.1) is 5.69 Å². The molecule has 0 saturated heterocycles. The van der Waals surface area contributed by atoms with Gasteiger partial charge in [-0.1, -0.05) is 13.8 Å². The summed E-state index contributed by atoms with van der Waals surface area (Å²) in [4.78, 5) is 13.7. The molecule has 0 fully saturated rings. The van der Waals surface area contributed by atoms with E-state index in [2.05, 4.69) is 29.4 Å². The van der Waals surface area contributed by atoms with Crippen molar-refractivity contribution in [1.82, 2.24) is 10.2 Å². The van der Waals surface area contributed by atoms with Crippen LogP contribution in [-0.2, 0) is 0 Å². The van der Waals surface area contributed by atoms with Gasteiger partial charge in [-0.15, -0.1) is 0 Å². The molecule has 0 atom stereocenters. The van der Waals surface area contributed by atoms with Crippen molar-refractivity contribution >= 4 is 11.7 Å². The number of halogens is 3. The van der Waals surface area contributed by atoms with Crippen LogP contribution in [0.15, 0.2) is 12.1 Å². The lowest BCUT2D eigenvalue weighted by Crippen LogP contribution is -2.32. The van der Waals surface area contributed by atoms with Gasteiger partial charge in [-0.25, -0.2) is 18.0 Å². The van der Waals surface area contributed by atoms with Gasteiger partial charge in [0.2, 0.25) is 0 Å². The van der Waals surface area contributed by atoms with E-state index >= 15 is 0 Å². The number of hydrogen-bond donors (Lipinski definition) is 2. The number of carbonyl (C=O) groups is 1. The maximum absolute atomic E-state index is 13.3. The minimum atomic E-state index is -1.60. The third-order valence-electron chi connectivity index (χ3n) is 3.11. The molecule has 0 radical (unpaired) electrons. The van der Waals surface area contributed by atoms with Gasteiger partial charge < -0.3 is 15.5 Å². The van der Waals surface area contributed by atoms with Crippen LogP contribution in [0, 0.1) is 17.5 Å². The van der Waals surface area contributed by atoms with Crippen molar-refractivity contribution < 1.29 is 18.0 Å². The number of rotatable bonds is 7. The molecule has 0 aromatic heterocycles. The second kappa shape index (κ2) is 8.51. The quantitative estimate of drug-likeness (QED) is 0.601. The minimum Gasteiger partial charge on any atom is -0.338 e. The molecule has 21 heavy (non-hydrogen) atoms. The smallest absolute Gasteiger partial charge is 0.319 e. The van der Waals surface area contributed by atoms with Crippen LogP contribution in [-0.4, -0.2) is 37.1 Å². The molecule has 0 aliphatic carbocycles. The predicted molar refractivity (Wildman–Crippen MR) is 75.7 cm³/mol. The van der Waals surface area contributed by atoms with Gasteiger partial charge in [-0.05, 0) is 38.2 Å². The van der Waals surface area contributed by atoms with E-state index in [9.17, 15) is 18.0 Å². The third-order valence-corrected chi connectivity index (χ3v) is 3.11. The number of nitrogens with zero attached hydrogens (tertiary/aromatic N) is 1. The normalized spacial score (nSPS) is 10.8. The molecule has 1 rings (SSSR count). The van der Waals surface area contributed by atoms with E-state index in [0.29, 0.717) is 6.54 Å². The van der Waals surface area contributed by atoms with E-state index in [1.807, 2.05) is 0 Å². The van der Waals surface area contributed by atoms with E-state index in [1.165, 1.54) is 0 Å². The lowest BCUT2D eigenvalue weighted by Gasteiger charge is -2.17. The summed E-state index contributed by atoms with van der Waals surface area (Å²) in [7, 11) is 0. The maximum atomic E-state index is 13.3. The van der Waals surface area contributed by atoms with Gasteiger partial charge in [0.25, 0.3) is 0 Å². The fraction of sp³-hybridized carbons (Fsp3) is 0.500. The van der Waals surface area contributed by atoms with E-state index in [1.54, 1.807) is 0 Å². The summed E-state index contributed by atoms with van der Waals surface area (Å²) in [5.41, 5.74) is -0.393. The van der Waals surface area contributed by atoms with Crippen LogP contribution in [0.4, 0.5) is 23.7 Å². The van der Waals surface area contributed by atoms with Crippen LogP contribution in [0.5, 0.6) is 0 Å². The summed E-state index contributed by atoms with van der Waals surface area (Å²) < 4.78 is 39.1. The van der Waals surface area contributed by atoms with E-state index in [0.717, 1.165) is 38.2 Å². The SMILES string of the molecule is CCN(CC)CCCNC(=O)Nc1ccc(F)c(F)c1F. The summed E-state index contributed by atoms with van der Waals surface area (Å²) in [6.07, 6.45) is 0.745. The molecule has 0 spiro atoms. The van der Waals surface area contributed by atoms with Crippen LogP contribution in [0.1, 0.15) is 20.3 Å². The lowest BCUT2D eigenvalue weighted by molar-refractivity contribution is 0.250. The second-order valence-corrected chi connectivity index (χ2v) is 4.48. The highest BCUT2D eigenvalue weighted by Gasteiger charge is 2.14. The van der Waals surface area contributed by atoms with Gasteiger partial charge in [0.1, 0.15) is 0 Å². The van der Waals surface area contributed by atoms with Crippen molar-refractivity contribution in [1.29, 1.82) is 0 Å². The number of nitrogens with one attached hydrogen (secondary N) is 2. The van der Waals surface area contributed by atoms with Crippen molar-refractivity contribution in [2.75, 3.05) is 31.5 Å². The predicted octanol–water partition coefficient (Wildman–Crippen LogP) is 2.96. The number of hydrogen-bond acceptors (Lipinski definition) is 2. The maximum Gasteiger partial charge on any atom is 0.319 e. The van der Waals surface area contributed by atoms with Crippen molar-refractivity contribution in [2.24, 2.45) is 0 Å². The second-order valence-electron chi connectivity index (χ2n) is 4.48.